The van der Waals surface area contributed by atoms with Gasteiger partial charge in [0.25, 0.3) is 5.91 Å². The van der Waals surface area contributed by atoms with Crippen LogP contribution in [-0.2, 0) is 16.1 Å². The number of carbonyl (C=O) groups is 2. The summed E-state index contributed by atoms with van der Waals surface area (Å²) in [5, 5.41) is 0. The summed E-state index contributed by atoms with van der Waals surface area (Å²) < 4.78 is 5.43. The molecule has 0 heterocycles. The van der Waals surface area contributed by atoms with Gasteiger partial charge < -0.3 is 21.1 Å². The molecule has 4 N–H and O–H groups in total. The van der Waals surface area contributed by atoms with Crippen LogP contribution >= 0.6 is 0 Å². The summed E-state index contributed by atoms with van der Waals surface area (Å²) in [4.78, 5) is 24.5. The van der Waals surface area contributed by atoms with Crippen molar-refractivity contribution in [3.8, 4) is 5.75 Å². The Morgan fingerprint density at radius 3 is 2.43 bits per heavy atom. The highest BCUT2D eigenvalue weighted by Crippen LogP contribution is 2.12. The van der Waals surface area contributed by atoms with E-state index in [2.05, 4.69) is 0 Å². The summed E-state index contributed by atoms with van der Waals surface area (Å²) in [7, 11) is 0. The second kappa shape index (κ2) is 8.97. The van der Waals surface area contributed by atoms with Gasteiger partial charge in [-0.1, -0.05) is 25.5 Å². The largest absolute Gasteiger partial charge is 0.484 e. The van der Waals surface area contributed by atoms with Crippen LogP contribution < -0.4 is 16.2 Å². The van der Waals surface area contributed by atoms with Gasteiger partial charge in [0.1, 0.15) is 5.75 Å². The molecule has 1 aromatic rings. The molecular weight excluding hydrogens is 270 g/mol. The minimum Gasteiger partial charge on any atom is -0.484 e. The van der Waals surface area contributed by atoms with E-state index in [1.54, 1.807) is 12.1 Å². The van der Waals surface area contributed by atoms with Crippen molar-refractivity contribution in [1.29, 1.82) is 0 Å². The Bertz CT molecular complexity index is 460. The number of benzene rings is 1. The summed E-state index contributed by atoms with van der Waals surface area (Å²) in [6, 6.07) is 7.22. The maximum absolute atomic E-state index is 12.1. The number of unbranched alkanes of at least 4 members (excludes halogenated alkanes) is 1. The number of hydrogen-bond acceptors (Lipinski definition) is 4. The predicted octanol–water partition coefficient (Wildman–Crippen LogP) is 0.638. The van der Waals surface area contributed by atoms with Crippen molar-refractivity contribution >= 4 is 11.8 Å². The molecule has 6 heteroatoms. The second-order valence-electron chi connectivity index (χ2n) is 4.77. The molecular formula is C15H23N3O3. The molecule has 0 radical (unpaired) electrons. The normalized spacial score (nSPS) is 10.2. The Hall–Kier alpha value is -2.08. The van der Waals surface area contributed by atoms with E-state index < -0.39 is 5.91 Å². The monoisotopic (exact) mass is 293 g/mol. The highest BCUT2D eigenvalue weighted by Gasteiger charge is 2.15. The molecule has 21 heavy (non-hydrogen) atoms. The highest BCUT2D eigenvalue weighted by atomic mass is 16.5. The lowest BCUT2D eigenvalue weighted by Gasteiger charge is -2.21. The van der Waals surface area contributed by atoms with Crippen molar-refractivity contribution in [2.45, 2.75) is 26.3 Å². The zero-order valence-corrected chi connectivity index (χ0v) is 12.4. The van der Waals surface area contributed by atoms with Crippen molar-refractivity contribution in [3.63, 3.8) is 0 Å². The van der Waals surface area contributed by atoms with Crippen molar-refractivity contribution < 1.29 is 14.3 Å². The third kappa shape index (κ3) is 6.27. The van der Waals surface area contributed by atoms with Gasteiger partial charge in [0.15, 0.2) is 6.61 Å². The molecule has 2 amide bonds. The molecule has 0 unspecified atom stereocenters. The van der Waals surface area contributed by atoms with Crippen LogP contribution in [0.5, 0.6) is 5.75 Å². The Kier molecular flexibility index (Phi) is 7.25. The van der Waals surface area contributed by atoms with Gasteiger partial charge in [-0.25, -0.2) is 0 Å². The van der Waals surface area contributed by atoms with Crippen molar-refractivity contribution in [1.82, 2.24) is 4.90 Å². The quantitative estimate of drug-likeness (QED) is 0.698. The van der Waals surface area contributed by atoms with Crippen LogP contribution in [0.25, 0.3) is 0 Å². The van der Waals surface area contributed by atoms with Crippen molar-refractivity contribution in [3.05, 3.63) is 29.8 Å². The molecule has 116 valence electrons. The van der Waals surface area contributed by atoms with Gasteiger partial charge in [0.05, 0.1) is 6.54 Å². The minimum absolute atomic E-state index is 0.0751. The Labute approximate surface area is 125 Å². The third-order valence-electron chi connectivity index (χ3n) is 3.00. The lowest BCUT2D eigenvalue weighted by Crippen LogP contribution is -2.41. The Balaban J connectivity index is 2.52. The Morgan fingerprint density at radius 2 is 1.90 bits per heavy atom. The van der Waals surface area contributed by atoms with E-state index in [1.165, 1.54) is 4.90 Å². The van der Waals surface area contributed by atoms with Gasteiger partial charge in [-0.05, 0) is 24.1 Å². The Morgan fingerprint density at radius 1 is 1.24 bits per heavy atom. The number of carbonyl (C=O) groups excluding carboxylic acids is 2. The van der Waals surface area contributed by atoms with E-state index in [4.69, 9.17) is 16.2 Å². The van der Waals surface area contributed by atoms with E-state index in [1.807, 2.05) is 19.1 Å². The second-order valence-corrected chi connectivity index (χ2v) is 4.77. The number of ether oxygens (including phenoxy) is 1. The van der Waals surface area contributed by atoms with E-state index in [-0.39, 0.29) is 19.1 Å². The van der Waals surface area contributed by atoms with Crippen LogP contribution in [0.3, 0.4) is 0 Å². The topological polar surface area (TPSA) is 98.6 Å². The van der Waals surface area contributed by atoms with Gasteiger partial charge in [-0.15, -0.1) is 0 Å². The van der Waals surface area contributed by atoms with Crippen molar-refractivity contribution in [2.75, 3.05) is 19.7 Å². The van der Waals surface area contributed by atoms with Crippen LogP contribution in [0.2, 0.25) is 0 Å². The molecule has 0 saturated carbocycles. The van der Waals surface area contributed by atoms with E-state index in [0.717, 1.165) is 18.4 Å². The predicted molar refractivity (Wildman–Crippen MR) is 80.5 cm³/mol. The number of primary amides is 1. The maximum atomic E-state index is 12.1. The number of hydrogen-bond donors (Lipinski definition) is 2. The first-order chi connectivity index (χ1) is 10.1. The molecule has 0 fully saturated rings. The molecule has 6 nitrogen and oxygen atoms in total. The molecule has 0 aliphatic heterocycles. The summed E-state index contributed by atoms with van der Waals surface area (Å²) >= 11 is 0. The minimum atomic E-state index is -0.522. The molecule has 1 rings (SSSR count). The van der Waals surface area contributed by atoms with Gasteiger partial charge in [-0.2, -0.15) is 0 Å². The standard InChI is InChI=1S/C15H23N3O3/c1-2-3-8-18(10-14(17)19)15(20)11-21-13-6-4-12(9-16)5-7-13/h4-7H,2-3,8-11,16H2,1H3,(H2,17,19). The summed E-state index contributed by atoms with van der Waals surface area (Å²) in [6.07, 6.45) is 1.76. The fourth-order valence-corrected chi connectivity index (χ4v) is 1.79. The molecule has 0 spiro atoms. The number of nitrogens with zero attached hydrogens (tertiary/aromatic N) is 1. The van der Waals surface area contributed by atoms with Crippen LogP contribution in [0, 0.1) is 0 Å². The summed E-state index contributed by atoms with van der Waals surface area (Å²) in [5.41, 5.74) is 11.7. The smallest absolute Gasteiger partial charge is 0.260 e. The van der Waals surface area contributed by atoms with E-state index >= 15 is 0 Å². The van der Waals surface area contributed by atoms with Gasteiger partial charge in [0.2, 0.25) is 5.91 Å². The average molecular weight is 293 g/mol. The molecule has 0 aliphatic carbocycles. The first-order valence-electron chi connectivity index (χ1n) is 7.04. The van der Waals surface area contributed by atoms with Crippen LogP contribution in [0.15, 0.2) is 24.3 Å². The fraction of sp³-hybridized carbons (Fsp3) is 0.467. The average Bonchev–Trinajstić information content (AvgIpc) is 2.49. The van der Waals surface area contributed by atoms with E-state index in [0.29, 0.717) is 18.8 Å². The summed E-state index contributed by atoms with van der Waals surface area (Å²) in [5.74, 6) is -0.174. The lowest BCUT2D eigenvalue weighted by molar-refractivity contribution is -0.137. The van der Waals surface area contributed by atoms with Gasteiger partial charge >= 0.3 is 0 Å². The third-order valence-corrected chi connectivity index (χ3v) is 3.00. The zero-order chi connectivity index (χ0) is 15.7. The van der Waals surface area contributed by atoms with Crippen molar-refractivity contribution in [2.24, 2.45) is 11.5 Å². The number of nitrogens with two attached hydrogens (primary N) is 2. The molecule has 0 aromatic heterocycles. The number of amides is 2. The van der Waals surface area contributed by atoms with Crippen LogP contribution in [0.1, 0.15) is 25.3 Å². The van der Waals surface area contributed by atoms with Crippen LogP contribution in [0.4, 0.5) is 0 Å². The number of rotatable bonds is 9. The fourth-order valence-electron chi connectivity index (χ4n) is 1.79. The molecule has 0 aliphatic rings. The molecule has 0 saturated heterocycles. The first-order valence-corrected chi connectivity index (χ1v) is 7.04. The molecule has 0 bridgehead atoms. The lowest BCUT2D eigenvalue weighted by atomic mass is 10.2. The summed E-state index contributed by atoms with van der Waals surface area (Å²) in [6.45, 7) is 2.80. The highest BCUT2D eigenvalue weighted by molar-refractivity contribution is 5.84. The van der Waals surface area contributed by atoms with Crippen LogP contribution in [-0.4, -0.2) is 36.4 Å². The van der Waals surface area contributed by atoms with E-state index in [9.17, 15) is 9.59 Å². The first kappa shape index (κ1) is 17.0. The van der Waals surface area contributed by atoms with Gasteiger partial charge in [0, 0.05) is 13.1 Å². The maximum Gasteiger partial charge on any atom is 0.260 e. The molecule has 0 atom stereocenters. The van der Waals surface area contributed by atoms with Gasteiger partial charge in [-0.3, -0.25) is 9.59 Å². The molecule has 1 aromatic carbocycles. The zero-order valence-electron chi connectivity index (χ0n) is 12.4. The SMILES string of the molecule is CCCCN(CC(N)=O)C(=O)COc1ccc(CN)cc1.